The molecule has 3 aromatic carbocycles. The summed E-state index contributed by atoms with van der Waals surface area (Å²) >= 11 is 0. The minimum Gasteiger partial charge on any atom is -0.0654 e. The second-order valence-electron chi connectivity index (χ2n) is 6.37. The van der Waals surface area contributed by atoms with Crippen LogP contribution in [0, 0.1) is 0 Å². The third-order valence-electron chi connectivity index (χ3n) is 4.62. The van der Waals surface area contributed by atoms with Crippen molar-refractivity contribution in [2.24, 2.45) is 0 Å². The Morgan fingerprint density at radius 3 is 1.45 bits per heavy atom. The predicted molar refractivity (Wildman–Crippen MR) is 98.7 cm³/mol. The van der Waals surface area contributed by atoms with Gasteiger partial charge in [0.15, 0.2) is 0 Å². The molecule has 114 valence electrons. The van der Waals surface area contributed by atoms with E-state index in [-0.39, 0.29) is 0 Å². The van der Waals surface area contributed by atoms with E-state index in [0.29, 0.717) is 0 Å². The fourth-order valence-corrected chi connectivity index (χ4v) is 3.29. The van der Waals surface area contributed by atoms with E-state index in [2.05, 4.69) is 62.4 Å². The first-order valence-electron chi connectivity index (χ1n) is 8.76. The van der Waals surface area contributed by atoms with Crippen molar-refractivity contribution in [1.82, 2.24) is 0 Å². The summed E-state index contributed by atoms with van der Waals surface area (Å²) in [5.74, 6) is 0. The zero-order chi connectivity index (χ0) is 15.4. The van der Waals surface area contributed by atoms with Gasteiger partial charge < -0.3 is 0 Å². The first-order chi connectivity index (χ1) is 10.8. The Kier molecular flexibility index (Phi) is 4.77. The van der Waals surface area contributed by atoms with Gasteiger partial charge in [0.05, 0.1) is 0 Å². The van der Waals surface area contributed by atoms with Gasteiger partial charge in [-0.15, -0.1) is 0 Å². The van der Waals surface area contributed by atoms with Crippen molar-refractivity contribution in [2.75, 3.05) is 0 Å². The minimum atomic E-state index is 1.22. The summed E-state index contributed by atoms with van der Waals surface area (Å²) in [7, 11) is 0. The summed E-state index contributed by atoms with van der Waals surface area (Å²) in [6.45, 7) is 4.56. The van der Waals surface area contributed by atoms with Gasteiger partial charge in [-0.2, -0.15) is 0 Å². The first-order valence-corrected chi connectivity index (χ1v) is 8.76. The highest BCUT2D eigenvalue weighted by atomic mass is 14.1. The SMILES string of the molecule is CCCCc1cc2cc3ccccc3cc2cc1CCCC. The second kappa shape index (κ2) is 6.96. The molecule has 0 fully saturated rings. The number of hydrogen-bond donors (Lipinski definition) is 0. The molecular formula is C22H26. The monoisotopic (exact) mass is 290 g/mol. The van der Waals surface area contributed by atoms with Gasteiger partial charge in [-0.25, -0.2) is 0 Å². The largest absolute Gasteiger partial charge is 0.0654 e. The molecule has 0 aliphatic carbocycles. The molecule has 0 spiro atoms. The molecule has 0 aliphatic rings. The van der Waals surface area contributed by atoms with Crippen LogP contribution in [-0.4, -0.2) is 0 Å². The maximum atomic E-state index is 2.45. The Balaban J connectivity index is 2.11. The van der Waals surface area contributed by atoms with Crippen LogP contribution in [0.15, 0.2) is 48.5 Å². The van der Waals surface area contributed by atoms with E-state index in [1.807, 2.05) is 0 Å². The van der Waals surface area contributed by atoms with Crippen LogP contribution in [0.4, 0.5) is 0 Å². The van der Waals surface area contributed by atoms with Gasteiger partial charge in [0.25, 0.3) is 0 Å². The van der Waals surface area contributed by atoms with E-state index in [0.717, 1.165) is 0 Å². The van der Waals surface area contributed by atoms with Gasteiger partial charge >= 0.3 is 0 Å². The van der Waals surface area contributed by atoms with Gasteiger partial charge in [-0.05, 0) is 70.5 Å². The molecule has 0 unspecified atom stereocenters. The van der Waals surface area contributed by atoms with Gasteiger partial charge in [0, 0.05) is 0 Å². The fourth-order valence-electron chi connectivity index (χ4n) is 3.29. The molecule has 3 rings (SSSR count). The van der Waals surface area contributed by atoms with Crippen molar-refractivity contribution >= 4 is 21.5 Å². The highest BCUT2D eigenvalue weighted by molar-refractivity contribution is 5.98. The lowest BCUT2D eigenvalue weighted by molar-refractivity contribution is 0.759. The lowest BCUT2D eigenvalue weighted by atomic mass is 9.93. The van der Waals surface area contributed by atoms with Crippen LogP contribution in [-0.2, 0) is 12.8 Å². The Morgan fingerprint density at radius 2 is 1.05 bits per heavy atom. The van der Waals surface area contributed by atoms with Gasteiger partial charge in [0.1, 0.15) is 0 Å². The molecule has 0 amide bonds. The number of hydrogen-bond acceptors (Lipinski definition) is 0. The van der Waals surface area contributed by atoms with Crippen molar-refractivity contribution in [1.29, 1.82) is 0 Å². The zero-order valence-corrected chi connectivity index (χ0v) is 13.9. The summed E-state index contributed by atoms with van der Waals surface area (Å²) in [5, 5.41) is 5.48. The summed E-state index contributed by atoms with van der Waals surface area (Å²) in [6, 6.07) is 18.3. The maximum absolute atomic E-state index is 2.45. The summed E-state index contributed by atoms with van der Waals surface area (Å²) < 4.78 is 0. The summed E-state index contributed by atoms with van der Waals surface area (Å²) in [6.07, 6.45) is 7.55. The zero-order valence-electron chi connectivity index (χ0n) is 13.9. The molecule has 22 heavy (non-hydrogen) atoms. The van der Waals surface area contributed by atoms with Crippen molar-refractivity contribution in [3.8, 4) is 0 Å². The van der Waals surface area contributed by atoms with Crippen LogP contribution in [0.3, 0.4) is 0 Å². The van der Waals surface area contributed by atoms with Gasteiger partial charge in [-0.1, -0.05) is 63.1 Å². The Labute approximate surface area is 134 Å². The van der Waals surface area contributed by atoms with Crippen LogP contribution < -0.4 is 0 Å². The molecule has 0 aliphatic heterocycles. The first kappa shape index (κ1) is 15.1. The van der Waals surface area contributed by atoms with Crippen LogP contribution in [0.2, 0.25) is 0 Å². The number of benzene rings is 3. The van der Waals surface area contributed by atoms with Crippen molar-refractivity contribution < 1.29 is 0 Å². The molecule has 0 nitrogen and oxygen atoms in total. The standard InChI is InChI=1S/C22H26/c1-3-5-9-17-13-21-15-19-11-7-8-12-20(19)16-22(21)14-18(17)10-6-4-2/h7-8,11-16H,3-6,9-10H2,1-2H3. The van der Waals surface area contributed by atoms with E-state index in [9.17, 15) is 0 Å². The van der Waals surface area contributed by atoms with Gasteiger partial charge in [0.2, 0.25) is 0 Å². The maximum Gasteiger partial charge on any atom is -0.0175 e. The average Bonchev–Trinajstić information content (AvgIpc) is 2.55. The number of fused-ring (bicyclic) bond motifs is 2. The van der Waals surface area contributed by atoms with Crippen molar-refractivity contribution in [3.05, 3.63) is 59.7 Å². The third kappa shape index (κ3) is 3.16. The van der Waals surface area contributed by atoms with E-state index in [1.54, 1.807) is 11.1 Å². The number of rotatable bonds is 6. The molecule has 0 radical (unpaired) electrons. The Morgan fingerprint density at radius 1 is 0.591 bits per heavy atom. The topological polar surface area (TPSA) is 0 Å². The lowest BCUT2D eigenvalue weighted by Gasteiger charge is -2.12. The van der Waals surface area contributed by atoms with E-state index in [1.165, 1.54) is 60.1 Å². The summed E-state index contributed by atoms with van der Waals surface area (Å²) in [5.41, 5.74) is 3.14. The second-order valence-corrected chi connectivity index (χ2v) is 6.37. The highest BCUT2D eigenvalue weighted by Gasteiger charge is 2.06. The number of aryl methyl sites for hydroxylation is 2. The molecule has 0 saturated carbocycles. The normalized spacial score (nSPS) is 11.4. The summed E-state index contributed by atoms with van der Waals surface area (Å²) in [4.78, 5) is 0. The van der Waals surface area contributed by atoms with E-state index in [4.69, 9.17) is 0 Å². The van der Waals surface area contributed by atoms with Crippen LogP contribution in [0.25, 0.3) is 21.5 Å². The molecular weight excluding hydrogens is 264 g/mol. The average molecular weight is 290 g/mol. The van der Waals surface area contributed by atoms with Crippen LogP contribution >= 0.6 is 0 Å². The smallest absolute Gasteiger partial charge is 0.0175 e. The predicted octanol–water partition coefficient (Wildman–Crippen LogP) is 6.68. The van der Waals surface area contributed by atoms with E-state index < -0.39 is 0 Å². The van der Waals surface area contributed by atoms with Crippen molar-refractivity contribution in [3.63, 3.8) is 0 Å². The molecule has 0 aromatic heterocycles. The lowest BCUT2D eigenvalue weighted by Crippen LogP contribution is -1.96. The molecule has 0 heteroatoms. The van der Waals surface area contributed by atoms with Crippen LogP contribution in [0.5, 0.6) is 0 Å². The van der Waals surface area contributed by atoms with Gasteiger partial charge in [-0.3, -0.25) is 0 Å². The number of unbranched alkanes of at least 4 members (excludes halogenated alkanes) is 2. The highest BCUT2D eigenvalue weighted by Crippen LogP contribution is 2.27. The van der Waals surface area contributed by atoms with Crippen LogP contribution in [0.1, 0.15) is 50.7 Å². The quantitative estimate of drug-likeness (QED) is 0.444. The molecule has 0 atom stereocenters. The molecule has 0 bridgehead atoms. The Hall–Kier alpha value is -1.82. The van der Waals surface area contributed by atoms with E-state index >= 15 is 0 Å². The molecule has 3 aromatic rings. The minimum absolute atomic E-state index is 1.22. The Bertz CT molecular complexity index is 701. The molecule has 0 saturated heterocycles. The molecule has 0 N–H and O–H groups in total. The van der Waals surface area contributed by atoms with Crippen molar-refractivity contribution in [2.45, 2.75) is 52.4 Å². The third-order valence-corrected chi connectivity index (χ3v) is 4.62. The molecule has 0 heterocycles. The fraction of sp³-hybridized carbons (Fsp3) is 0.364.